The molecule has 4 heteroatoms. The van der Waals surface area contributed by atoms with Gasteiger partial charge in [0, 0.05) is 5.92 Å². The lowest BCUT2D eigenvalue weighted by atomic mass is 9.85. The molecule has 0 bridgehead atoms. The Balaban J connectivity index is 2.02. The molecule has 0 spiro atoms. The predicted molar refractivity (Wildman–Crippen MR) is 123 cm³/mol. The molecule has 0 aliphatic rings. The van der Waals surface area contributed by atoms with Crippen LogP contribution < -0.4 is 4.74 Å². The molecule has 0 N–H and O–H groups in total. The first kappa shape index (κ1) is 22.1. The van der Waals surface area contributed by atoms with E-state index in [1.54, 1.807) is 19.2 Å². The summed E-state index contributed by atoms with van der Waals surface area (Å²) in [6.07, 6.45) is 0. The fourth-order valence-corrected chi connectivity index (χ4v) is 5.06. The summed E-state index contributed by atoms with van der Waals surface area (Å²) in [4.78, 5) is 0.359. The van der Waals surface area contributed by atoms with Crippen LogP contribution in [0.3, 0.4) is 0 Å². The number of aryl methyl sites for hydroxylation is 1. The lowest BCUT2D eigenvalue weighted by Gasteiger charge is -2.22. The molecule has 158 valence electrons. The average Bonchev–Trinajstić information content (AvgIpc) is 2.72. The summed E-state index contributed by atoms with van der Waals surface area (Å²) in [5, 5.41) is 0. The third-order valence-electron chi connectivity index (χ3n) is 5.46. The van der Waals surface area contributed by atoms with E-state index >= 15 is 0 Å². The van der Waals surface area contributed by atoms with Gasteiger partial charge in [-0.15, -0.1) is 0 Å². The summed E-state index contributed by atoms with van der Waals surface area (Å²) in [7, 11) is -1.83. The highest BCUT2D eigenvalue weighted by Crippen LogP contribution is 2.32. The number of ether oxygens (including phenoxy) is 1. The minimum absolute atomic E-state index is 0.0112. The van der Waals surface area contributed by atoms with E-state index in [2.05, 4.69) is 45.0 Å². The van der Waals surface area contributed by atoms with Crippen molar-refractivity contribution in [2.75, 3.05) is 12.9 Å². The zero-order chi connectivity index (χ0) is 21.9. The monoisotopic (exact) mass is 422 g/mol. The lowest BCUT2D eigenvalue weighted by molar-refractivity contribution is 0.414. The minimum atomic E-state index is -3.46. The molecule has 0 saturated carbocycles. The first-order valence-electron chi connectivity index (χ1n) is 10.1. The van der Waals surface area contributed by atoms with Crippen LogP contribution in [0.15, 0.2) is 77.7 Å². The number of benzene rings is 3. The largest absolute Gasteiger partial charge is 0.497 e. The average molecular weight is 423 g/mol. The van der Waals surface area contributed by atoms with Gasteiger partial charge in [0.2, 0.25) is 0 Å². The molecule has 0 radical (unpaired) electrons. The molecule has 0 fully saturated rings. The summed E-state index contributed by atoms with van der Waals surface area (Å²) in [5.74, 6) is 0.496. The van der Waals surface area contributed by atoms with Crippen LogP contribution in [0.5, 0.6) is 5.75 Å². The first-order valence-corrected chi connectivity index (χ1v) is 11.8. The van der Waals surface area contributed by atoms with Gasteiger partial charge in [0.05, 0.1) is 17.8 Å². The summed E-state index contributed by atoms with van der Waals surface area (Å²) in [5.41, 5.74) is 4.25. The van der Waals surface area contributed by atoms with Gasteiger partial charge in [-0.25, -0.2) is 8.42 Å². The molecule has 3 aromatic carbocycles. The van der Waals surface area contributed by atoms with Crippen molar-refractivity contribution >= 4 is 9.84 Å². The smallest absolute Gasteiger partial charge is 0.179 e. The maximum absolute atomic E-state index is 13.2. The van der Waals surface area contributed by atoms with Crippen LogP contribution in [-0.2, 0) is 15.3 Å². The van der Waals surface area contributed by atoms with Gasteiger partial charge < -0.3 is 4.74 Å². The molecule has 3 nitrogen and oxygen atoms in total. The van der Waals surface area contributed by atoms with Crippen LogP contribution in [0, 0.1) is 6.92 Å². The molecule has 0 aliphatic heterocycles. The van der Waals surface area contributed by atoms with E-state index < -0.39 is 9.84 Å². The molecule has 30 heavy (non-hydrogen) atoms. The van der Waals surface area contributed by atoms with Crippen LogP contribution in [0.2, 0.25) is 0 Å². The quantitative estimate of drug-likeness (QED) is 0.496. The Morgan fingerprint density at radius 1 is 0.800 bits per heavy atom. The molecular formula is C26H30O3S. The Morgan fingerprint density at radius 3 is 1.77 bits per heavy atom. The summed E-state index contributed by atoms with van der Waals surface area (Å²) in [6, 6.07) is 23.0. The number of rotatable bonds is 6. The predicted octanol–water partition coefficient (Wildman–Crippen LogP) is 5.91. The van der Waals surface area contributed by atoms with Crippen LogP contribution in [0.1, 0.15) is 48.9 Å². The maximum Gasteiger partial charge on any atom is 0.179 e. The molecule has 3 rings (SSSR count). The Bertz CT molecular complexity index is 1070. The van der Waals surface area contributed by atoms with Crippen molar-refractivity contribution in [2.45, 2.75) is 43.9 Å². The van der Waals surface area contributed by atoms with Gasteiger partial charge in [-0.3, -0.25) is 0 Å². The molecule has 0 aliphatic carbocycles. The summed E-state index contributed by atoms with van der Waals surface area (Å²) in [6.45, 7) is 8.47. The van der Waals surface area contributed by atoms with Crippen molar-refractivity contribution in [3.8, 4) is 5.75 Å². The van der Waals surface area contributed by atoms with E-state index in [9.17, 15) is 8.42 Å². The molecule has 0 saturated heterocycles. The molecule has 1 unspecified atom stereocenters. The van der Waals surface area contributed by atoms with Crippen LogP contribution >= 0.6 is 0 Å². The SMILES string of the molecule is COc1ccc(C(CS(=O)(=O)c2ccc(C)cc2)c2ccc(C(C)(C)C)cc2)cc1. The van der Waals surface area contributed by atoms with Crippen molar-refractivity contribution in [3.05, 3.63) is 95.1 Å². The first-order chi connectivity index (χ1) is 14.1. The molecule has 1 atom stereocenters. The van der Waals surface area contributed by atoms with Crippen molar-refractivity contribution in [1.82, 2.24) is 0 Å². The highest BCUT2D eigenvalue weighted by Gasteiger charge is 2.25. The minimum Gasteiger partial charge on any atom is -0.497 e. The zero-order valence-corrected chi connectivity index (χ0v) is 19.2. The van der Waals surface area contributed by atoms with Crippen molar-refractivity contribution < 1.29 is 13.2 Å². The fraction of sp³-hybridized carbons (Fsp3) is 0.308. The summed E-state index contributed by atoms with van der Waals surface area (Å²) < 4.78 is 31.7. The second kappa shape index (κ2) is 8.65. The van der Waals surface area contributed by atoms with Gasteiger partial charge in [0.1, 0.15) is 5.75 Å². The van der Waals surface area contributed by atoms with E-state index in [1.807, 2.05) is 43.3 Å². The fourth-order valence-electron chi connectivity index (χ4n) is 3.50. The maximum atomic E-state index is 13.2. The van der Waals surface area contributed by atoms with Gasteiger partial charge >= 0.3 is 0 Å². The van der Waals surface area contributed by atoms with E-state index in [0.29, 0.717) is 4.90 Å². The van der Waals surface area contributed by atoms with Gasteiger partial charge in [-0.2, -0.15) is 0 Å². The Labute approximate surface area is 180 Å². The van der Waals surface area contributed by atoms with Gasteiger partial charge in [0.25, 0.3) is 0 Å². The van der Waals surface area contributed by atoms with E-state index in [1.165, 1.54) is 5.56 Å². The Hall–Kier alpha value is -2.59. The number of hydrogen-bond donors (Lipinski definition) is 0. The molecule has 0 aromatic heterocycles. The van der Waals surface area contributed by atoms with Crippen molar-refractivity contribution in [3.63, 3.8) is 0 Å². The summed E-state index contributed by atoms with van der Waals surface area (Å²) >= 11 is 0. The number of hydrogen-bond acceptors (Lipinski definition) is 3. The number of sulfone groups is 1. The highest BCUT2D eigenvalue weighted by molar-refractivity contribution is 7.91. The number of methoxy groups -OCH3 is 1. The van der Waals surface area contributed by atoms with Gasteiger partial charge in [0.15, 0.2) is 9.84 Å². The van der Waals surface area contributed by atoms with E-state index in [0.717, 1.165) is 22.4 Å². The van der Waals surface area contributed by atoms with Crippen LogP contribution in [0.4, 0.5) is 0 Å². The third kappa shape index (κ3) is 5.11. The van der Waals surface area contributed by atoms with Gasteiger partial charge in [-0.05, 0) is 53.3 Å². The molecule has 0 heterocycles. The third-order valence-corrected chi connectivity index (χ3v) is 7.23. The molecular weight excluding hydrogens is 392 g/mol. The Kier molecular flexibility index (Phi) is 6.37. The topological polar surface area (TPSA) is 43.4 Å². The standard InChI is InChI=1S/C26H30O3S/c1-19-6-16-24(17-7-19)30(27,28)18-25(21-10-14-23(29-5)15-11-21)20-8-12-22(13-9-20)26(2,3)4/h6-17,25H,18H2,1-5H3. The van der Waals surface area contributed by atoms with Crippen molar-refractivity contribution in [2.24, 2.45) is 0 Å². The lowest BCUT2D eigenvalue weighted by Crippen LogP contribution is -2.17. The normalized spacial score (nSPS) is 13.1. The molecule has 0 amide bonds. The van der Waals surface area contributed by atoms with Crippen molar-refractivity contribution in [1.29, 1.82) is 0 Å². The molecule has 3 aromatic rings. The Morgan fingerprint density at radius 2 is 1.30 bits per heavy atom. The second-order valence-corrected chi connectivity index (χ2v) is 10.8. The highest BCUT2D eigenvalue weighted by atomic mass is 32.2. The van der Waals surface area contributed by atoms with Crippen LogP contribution in [0.25, 0.3) is 0 Å². The van der Waals surface area contributed by atoms with E-state index in [-0.39, 0.29) is 17.1 Å². The van der Waals surface area contributed by atoms with E-state index in [4.69, 9.17) is 4.74 Å². The van der Waals surface area contributed by atoms with Gasteiger partial charge in [-0.1, -0.05) is 74.9 Å². The van der Waals surface area contributed by atoms with Crippen LogP contribution in [-0.4, -0.2) is 21.3 Å². The second-order valence-electron chi connectivity index (χ2n) is 8.79. The zero-order valence-electron chi connectivity index (χ0n) is 18.3.